The predicted molar refractivity (Wildman–Crippen MR) is 78.1 cm³/mol. The van der Waals surface area contributed by atoms with Crippen LogP contribution < -0.4 is 5.32 Å². The first-order valence-electron chi connectivity index (χ1n) is 6.79. The van der Waals surface area contributed by atoms with E-state index in [1.54, 1.807) is 12.1 Å². The lowest BCUT2D eigenvalue weighted by Crippen LogP contribution is -2.27. The second-order valence-electron chi connectivity index (χ2n) is 5.04. The minimum absolute atomic E-state index is 0.0755. The highest BCUT2D eigenvalue weighted by Gasteiger charge is 2.26. The van der Waals surface area contributed by atoms with Crippen LogP contribution in [0.1, 0.15) is 33.9 Å². The molecule has 2 aromatic carbocycles. The van der Waals surface area contributed by atoms with Crippen LogP contribution in [0.3, 0.4) is 0 Å². The van der Waals surface area contributed by atoms with Gasteiger partial charge >= 0.3 is 0 Å². The molecule has 1 N–H and O–H groups in total. The highest BCUT2D eigenvalue weighted by molar-refractivity contribution is 5.98. The van der Waals surface area contributed by atoms with E-state index in [1.165, 1.54) is 17.7 Å². The van der Waals surface area contributed by atoms with E-state index >= 15 is 0 Å². The Hall–Kier alpha value is -2.69. The number of nitrogens with one attached hydrogen (secondary N) is 1. The molecule has 0 bridgehead atoms. The normalized spacial score (nSPS) is 16.3. The summed E-state index contributed by atoms with van der Waals surface area (Å²) in [5.74, 6) is -0.399. The minimum atomic E-state index is -0.530. The first-order chi connectivity index (χ1) is 10.2. The summed E-state index contributed by atoms with van der Waals surface area (Å²) in [5, 5.41) is 13.9. The number of hydrogen-bond donors (Lipinski definition) is 1. The Morgan fingerprint density at radius 1 is 1.14 bits per heavy atom. The summed E-state index contributed by atoms with van der Waals surface area (Å²) in [6, 6.07) is 13.9. The molecule has 0 aliphatic heterocycles. The summed E-state index contributed by atoms with van der Waals surface area (Å²) in [6.07, 6.45) is 1.74. The molecular weight excluding hydrogens is 268 g/mol. The largest absolute Gasteiger partial charge is 0.345 e. The van der Waals surface area contributed by atoms with E-state index in [4.69, 9.17) is 0 Å². The van der Waals surface area contributed by atoms with Crippen molar-refractivity contribution < 1.29 is 9.72 Å². The number of hydrogen-bond acceptors (Lipinski definition) is 3. The smallest absolute Gasteiger partial charge is 0.282 e. The molecule has 1 unspecified atom stereocenters. The van der Waals surface area contributed by atoms with Crippen LogP contribution in [0.2, 0.25) is 0 Å². The van der Waals surface area contributed by atoms with E-state index in [1.807, 2.05) is 24.3 Å². The summed E-state index contributed by atoms with van der Waals surface area (Å²) in [7, 11) is 0. The van der Waals surface area contributed by atoms with Crippen molar-refractivity contribution in [1.82, 2.24) is 5.32 Å². The van der Waals surface area contributed by atoms with Gasteiger partial charge in [-0.2, -0.15) is 0 Å². The molecule has 0 radical (unpaired) electrons. The van der Waals surface area contributed by atoms with Gasteiger partial charge in [0.05, 0.1) is 11.0 Å². The van der Waals surface area contributed by atoms with E-state index in [0.717, 1.165) is 18.4 Å². The second-order valence-corrected chi connectivity index (χ2v) is 5.04. The van der Waals surface area contributed by atoms with Crippen LogP contribution in [-0.4, -0.2) is 10.8 Å². The Balaban J connectivity index is 1.84. The standard InChI is InChI=1S/C16H14N2O3/c19-16(13-7-3-4-8-15(13)18(20)21)17-14-10-9-11-5-1-2-6-12(11)14/h1-8,14H,9-10H2,(H,17,19). The van der Waals surface area contributed by atoms with Gasteiger partial charge in [0.15, 0.2) is 0 Å². The first-order valence-corrected chi connectivity index (χ1v) is 6.79. The fourth-order valence-electron chi connectivity index (χ4n) is 2.77. The predicted octanol–water partition coefficient (Wildman–Crippen LogP) is 3.01. The number of fused-ring (bicyclic) bond motifs is 1. The summed E-state index contributed by atoms with van der Waals surface area (Å²) in [6.45, 7) is 0. The number of benzene rings is 2. The Bertz CT molecular complexity index is 712. The highest BCUT2D eigenvalue weighted by Crippen LogP contribution is 2.31. The van der Waals surface area contributed by atoms with Crippen molar-refractivity contribution in [1.29, 1.82) is 0 Å². The Morgan fingerprint density at radius 3 is 2.67 bits per heavy atom. The van der Waals surface area contributed by atoms with Crippen molar-refractivity contribution in [3.8, 4) is 0 Å². The van der Waals surface area contributed by atoms with Crippen LogP contribution in [0.4, 0.5) is 5.69 Å². The van der Waals surface area contributed by atoms with Gasteiger partial charge in [0, 0.05) is 6.07 Å². The molecule has 0 aromatic heterocycles. The number of nitro benzene ring substituents is 1. The number of aryl methyl sites for hydroxylation is 1. The lowest BCUT2D eigenvalue weighted by atomic mass is 10.1. The van der Waals surface area contributed by atoms with E-state index in [9.17, 15) is 14.9 Å². The first kappa shape index (κ1) is 13.3. The monoisotopic (exact) mass is 282 g/mol. The highest BCUT2D eigenvalue weighted by atomic mass is 16.6. The van der Waals surface area contributed by atoms with Crippen LogP contribution in [0.15, 0.2) is 48.5 Å². The van der Waals surface area contributed by atoms with E-state index in [2.05, 4.69) is 5.32 Å². The maximum Gasteiger partial charge on any atom is 0.282 e. The summed E-state index contributed by atoms with van der Waals surface area (Å²) < 4.78 is 0. The molecule has 1 atom stereocenters. The quantitative estimate of drug-likeness (QED) is 0.694. The van der Waals surface area contributed by atoms with Crippen molar-refractivity contribution in [2.24, 2.45) is 0 Å². The van der Waals surface area contributed by atoms with Crippen molar-refractivity contribution in [3.05, 3.63) is 75.3 Å². The molecule has 106 valence electrons. The third-order valence-corrected chi connectivity index (χ3v) is 3.78. The van der Waals surface area contributed by atoms with Crippen molar-refractivity contribution in [2.75, 3.05) is 0 Å². The number of carbonyl (C=O) groups is 1. The van der Waals surface area contributed by atoms with Crippen molar-refractivity contribution in [3.63, 3.8) is 0 Å². The maximum atomic E-state index is 12.3. The molecule has 1 amide bonds. The summed E-state index contributed by atoms with van der Waals surface area (Å²) >= 11 is 0. The van der Waals surface area contributed by atoms with Crippen molar-refractivity contribution in [2.45, 2.75) is 18.9 Å². The molecule has 0 spiro atoms. The number of nitro groups is 1. The zero-order valence-corrected chi connectivity index (χ0v) is 11.3. The molecule has 0 saturated heterocycles. The molecule has 5 heteroatoms. The van der Waals surface area contributed by atoms with Gasteiger partial charge < -0.3 is 5.32 Å². The zero-order valence-electron chi connectivity index (χ0n) is 11.3. The molecule has 3 rings (SSSR count). The molecule has 2 aromatic rings. The lowest BCUT2D eigenvalue weighted by Gasteiger charge is -2.14. The van der Waals surface area contributed by atoms with Crippen LogP contribution in [0, 0.1) is 10.1 Å². The molecule has 1 aliphatic rings. The van der Waals surface area contributed by atoms with Crippen LogP contribution >= 0.6 is 0 Å². The molecule has 21 heavy (non-hydrogen) atoms. The average Bonchev–Trinajstić information content (AvgIpc) is 2.90. The fourth-order valence-corrected chi connectivity index (χ4v) is 2.77. The van der Waals surface area contributed by atoms with Gasteiger partial charge in [-0.3, -0.25) is 14.9 Å². The van der Waals surface area contributed by atoms with E-state index < -0.39 is 10.8 Å². The zero-order chi connectivity index (χ0) is 14.8. The fraction of sp³-hybridized carbons (Fsp3) is 0.188. The van der Waals surface area contributed by atoms with Crippen LogP contribution in [-0.2, 0) is 6.42 Å². The molecular formula is C16H14N2O3. The van der Waals surface area contributed by atoms with Gasteiger partial charge in [-0.25, -0.2) is 0 Å². The van der Waals surface area contributed by atoms with Crippen molar-refractivity contribution >= 4 is 11.6 Å². The maximum absolute atomic E-state index is 12.3. The number of amides is 1. The SMILES string of the molecule is O=C(NC1CCc2ccccc21)c1ccccc1[N+](=O)[O-]. The summed E-state index contributed by atoms with van der Waals surface area (Å²) in [5.41, 5.74) is 2.27. The van der Waals surface area contributed by atoms with Gasteiger partial charge in [0.1, 0.15) is 5.56 Å². The average molecular weight is 282 g/mol. The summed E-state index contributed by atoms with van der Waals surface area (Å²) in [4.78, 5) is 22.8. The lowest BCUT2D eigenvalue weighted by molar-refractivity contribution is -0.385. The van der Waals surface area contributed by atoms with Crippen LogP contribution in [0.5, 0.6) is 0 Å². The Morgan fingerprint density at radius 2 is 1.86 bits per heavy atom. The van der Waals surface area contributed by atoms with Gasteiger partial charge in [0.2, 0.25) is 0 Å². The van der Waals surface area contributed by atoms with Gasteiger partial charge in [0.25, 0.3) is 11.6 Å². The molecule has 5 nitrogen and oxygen atoms in total. The van der Waals surface area contributed by atoms with Gasteiger partial charge in [-0.15, -0.1) is 0 Å². The van der Waals surface area contributed by atoms with Gasteiger partial charge in [-0.05, 0) is 30.0 Å². The van der Waals surface area contributed by atoms with E-state index in [0.29, 0.717) is 0 Å². The van der Waals surface area contributed by atoms with Gasteiger partial charge in [-0.1, -0.05) is 36.4 Å². The second kappa shape index (κ2) is 5.36. The minimum Gasteiger partial charge on any atom is -0.345 e. The third-order valence-electron chi connectivity index (χ3n) is 3.78. The molecule has 1 aliphatic carbocycles. The Labute approximate surface area is 121 Å². The van der Waals surface area contributed by atoms with E-state index in [-0.39, 0.29) is 17.3 Å². The number of rotatable bonds is 3. The number of nitrogens with zero attached hydrogens (tertiary/aromatic N) is 1. The van der Waals surface area contributed by atoms with Crippen LogP contribution in [0.25, 0.3) is 0 Å². The molecule has 0 fully saturated rings. The molecule has 0 heterocycles. The third kappa shape index (κ3) is 2.50. The number of para-hydroxylation sites is 1. The number of carbonyl (C=O) groups excluding carboxylic acids is 1. The Kier molecular flexibility index (Phi) is 3.39. The topological polar surface area (TPSA) is 72.2 Å². The molecule has 0 saturated carbocycles.